The number of rotatable bonds is 5. The maximum Gasteiger partial charge on any atom is 0.324 e. The summed E-state index contributed by atoms with van der Waals surface area (Å²) >= 11 is 1.16. The molecule has 0 amide bonds. The summed E-state index contributed by atoms with van der Waals surface area (Å²) in [6, 6.07) is 3.25. The summed E-state index contributed by atoms with van der Waals surface area (Å²) in [5.41, 5.74) is -0.691. The van der Waals surface area contributed by atoms with E-state index in [1.54, 1.807) is 6.07 Å². The number of nitrogens with zero attached hydrogens (tertiary/aromatic N) is 2. The van der Waals surface area contributed by atoms with Crippen LogP contribution in [-0.4, -0.2) is 34.0 Å². The molecule has 1 aromatic heterocycles. The maximum absolute atomic E-state index is 11.5. The molecule has 0 spiro atoms. The molecule has 1 aliphatic rings. The van der Waals surface area contributed by atoms with Crippen LogP contribution in [0.15, 0.2) is 12.1 Å². The first kappa shape index (κ1) is 14.9. The number of hydrogen-bond acceptors (Lipinski definition) is 5. The minimum atomic E-state index is -0.743. The monoisotopic (exact) mass is 298 g/mol. The normalized spacial score (nSPS) is 23.4. The lowest BCUT2D eigenvalue weighted by atomic mass is 9.76. The van der Waals surface area contributed by atoms with Gasteiger partial charge in [-0.15, -0.1) is 0 Å². The first-order valence-electron chi connectivity index (χ1n) is 6.54. The van der Waals surface area contributed by atoms with Crippen LogP contribution in [0.5, 0.6) is 0 Å². The third-order valence-corrected chi connectivity index (χ3v) is 5.14. The second-order valence-electron chi connectivity index (χ2n) is 5.57. The number of aliphatic carboxylic acids is 1. The van der Waals surface area contributed by atoms with Crippen molar-refractivity contribution >= 4 is 22.3 Å². The number of hydrogen-bond donors (Lipinski definition) is 1. The largest absolute Gasteiger partial charge is 0.481 e. The molecule has 2 rings (SSSR count). The molecule has 2 heterocycles. The van der Waals surface area contributed by atoms with Crippen LogP contribution in [-0.2, 0) is 11.3 Å². The van der Waals surface area contributed by atoms with Crippen molar-refractivity contribution in [2.24, 2.45) is 11.3 Å². The average Bonchev–Trinajstić information content (AvgIpc) is 2.96. The Balaban J connectivity index is 2.05. The fourth-order valence-corrected chi connectivity index (χ4v) is 3.58. The van der Waals surface area contributed by atoms with Crippen LogP contribution in [0, 0.1) is 21.4 Å². The molecule has 0 aromatic carbocycles. The highest BCUT2D eigenvalue weighted by Gasteiger charge is 2.47. The second kappa shape index (κ2) is 5.49. The lowest BCUT2D eigenvalue weighted by Gasteiger charge is -2.28. The van der Waals surface area contributed by atoms with Crippen LogP contribution in [0.4, 0.5) is 5.00 Å². The quantitative estimate of drug-likeness (QED) is 0.667. The van der Waals surface area contributed by atoms with Gasteiger partial charge in [-0.25, -0.2) is 0 Å². The molecule has 1 unspecified atom stereocenters. The van der Waals surface area contributed by atoms with Crippen molar-refractivity contribution in [1.82, 2.24) is 4.90 Å². The lowest BCUT2D eigenvalue weighted by molar-refractivity contribution is -0.380. The Labute approximate surface area is 121 Å². The van der Waals surface area contributed by atoms with E-state index in [4.69, 9.17) is 0 Å². The van der Waals surface area contributed by atoms with Crippen LogP contribution < -0.4 is 0 Å². The van der Waals surface area contributed by atoms with Crippen molar-refractivity contribution in [3.8, 4) is 0 Å². The van der Waals surface area contributed by atoms with E-state index < -0.39 is 16.3 Å². The average molecular weight is 298 g/mol. The summed E-state index contributed by atoms with van der Waals surface area (Å²) in [5.74, 6) is -0.671. The fraction of sp³-hybridized carbons (Fsp3) is 0.615. The van der Waals surface area contributed by atoms with E-state index in [9.17, 15) is 20.0 Å². The second-order valence-corrected chi connectivity index (χ2v) is 6.72. The van der Waals surface area contributed by atoms with Crippen molar-refractivity contribution < 1.29 is 14.8 Å². The van der Waals surface area contributed by atoms with Gasteiger partial charge in [0.25, 0.3) is 0 Å². The topological polar surface area (TPSA) is 83.7 Å². The van der Waals surface area contributed by atoms with Crippen LogP contribution in [0.1, 0.15) is 25.1 Å². The molecule has 7 heteroatoms. The zero-order valence-electron chi connectivity index (χ0n) is 11.5. The van der Waals surface area contributed by atoms with Crippen molar-refractivity contribution in [1.29, 1.82) is 0 Å². The van der Waals surface area contributed by atoms with E-state index in [2.05, 4.69) is 4.90 Å². The van der Waals surface area contributed by atoms with Crippen LogP contribution in [0.3, 0.4) is 0 Å². The standard InChI is InChI=1S/C13H18N2O4S/c1-9(2)13(12(16)17)5-6-14(8-13)7-10-3-4-11(20-10)15(18)19/h3-4,9H,5-8H2,1-2H3,(H,16,17). The predicted molar refractivity (Wildman–Crippen MR) is 75.8 cm³/mol. The van der Waals surface area contributed by atoms with Gasteiger partial charge < -0.3 is 5.11 Å². The molecule has 20 heavy (non-hydrogen) atoms. The highest BCUT2D eigenvalue weighted by Crippen LogP contribution is 2.39. The Hall–Kier alpha value is -1.47. The maximum atomic E-state index is 11.5. The van der Waals surface area contributed by atoms with E-state index >= 15 is 0 Å². The fourth-order valence-electron chi connectivity index (χ4n) is 2.71. The van der Waals surface area contributed by atoms with Gasteiger partial charge in [0.1, 0.15) is 0 Å². The number of nitro groups is 1. The molecule has 1 N–H and O–H groups in total. The summed E-state index contributed by atoms with van der Waals surface area (Å²) < 4.78 is 0. The number of likely N-dealkylation sites (tertiary alicyclic amines) is 1. The molecule has 6 nitrogen and oxygen atoms in total. The number of carboxylic acids is 1. The minimum Gasteiger partial charge on any atom is -0.481 e. The van der Waals surface area contributed by atoms with E-state index in [0.717, 1.165) is 22.8 Å². The third kappa shape index (κ3) is 2.69. The van der Waals surface area contributed by atoms with Gasteiger partial charge in [-0.1, -0.05) is 25.2 Å². The Morgan fingerprint density at radius 1 is 1.60 bits per heavy atom. The molecule has 1 atom stereocenters. The Morgan fingerprint density at radius 3 is 2.75 bits per heavy atom. The van der Waals surface area contributed by atoms with E-state index in [1.165, 1.54) is 6.07 Å². The van der Waals surface area contributed by atoms with Crippen molar-refractivity contribution in [2.75, 3.05) is 13.1 Å². The lowest BCUT2D eigenvalue weighted by Crippen LogP contribution is -2.39. The third-order valence-electron chi connectivity index (χ3n) is 4.12. The van der Waals surface area contributed by atoms with E-state index in [1.807, 2.05) is 13.8 Å². The van der Waals surface area contributed by atoms with Crippen LogP contribution in [0.2, 0.25) is 0 Å². The molecule has 1 aromatic rings. The van der Waals surface area contributed by atoms with Gasteiger partial charge in [0.15, 0.2) is 0 Å². The van der Waals surface area contributed by atoms with Gasteiger partial charge in [-0.05, 0) is 24.9 Å². The number of carboxylic acid groups (broad SMARTS) is 1. The zero-order chi connectivity index (χ0) is 14.9. The Bertz CT molecular complexity index is 528. The smallest absolute Gasteiger partial charge is 0.324 e. The SMILES string of the molecule is CC(C)C1(C(=O)O)CCN(Cc2ccc([N+](=O)[O-])s2)C1. The van der Waals surface area contributed by atoms with E-state index in [-0.39, 0.29) is 10.9 Å². The van der Waals surface area contributed by atoms with Crippen LogP contribution >= 0.6 is 11.3 Å². The highest BCUT2D eigenvalue weighted by atomic mass is 32.1. The van der Waals surface area contributed by atoms with Gasteiger partial charge in [0.05, 0.1) is 10.3 Å². The van der Waals surface area contributed by atoms with E-state index in [0.29, 0.717) is 19.5 Å². The van der Waals surface area contributed by atoms with Gasteiger partial charge in [0.2, 0.25) is 0 Å². The number of carbonyl (C=O) groups is 1. The summed E-state index contributed by atoms with van der Waals surface area (Å²) in [4.78, 5) is 24.8. The highest BCUT2D eigenvalue weighted by molar-refractivity contribution is 7.15. The van der Waals surface area contributed by atoms with Gasteiger partial charge in [-0.3, -0.25) is 19.8 Å². The van der Waals surface area contributed by atoms with Crippen LogP contribution in [0.25, 0.3) is 0 Å². The van der Waals surface area contributed by atoms with Gasteiger partial charge in [0, 0.05) is 24.0 Å². The van der Waals surface area contributed by atoms with Crippen molar-refractivity contribution in [3.05, 3.63) is 27.1 Å². The summed E-state index contributed by atoms with van der Waals surface area (Å²) in [6.07, 6.45) is 0.632. The molecular formula is C13H18N2O4S. The molecular weight excluding hydrogens is 280 g/mol. The van der Waals surface area contributed by atoms with Gasteiger partial charge >= 0.3 is 11.0 Å². The molecule has 1 fully saturated rings. The Kier molecular flexibility index (Phi) is 4.10. The predicted octanol–water partition coefficient (Wildman–Crippen LogP) is 2.59. The Morgan fingerprint density at radius 2 is 2.30 bits per heavy atom. The summed E-state index contributed by atoms with van der Waals surface area (Å²) in [5, 5.41) is 20.3. The van der Waals surface area contributed by atoms with Gasteiger partial charge in [-0.2, -0.15) is 0 Å². The van der Waals surface area contributed by atoms with Crippen molar-refractivity contribution in [3.63, 3.8) is 0 Å². The molecule has 1 aliphatic heterocycles. The molecule has 0 bridgehead atoms. The molecule has 0 radical (unpaired) electrons. The summed E-state index contributed by atoms with van der Waals surface area (Å²) in [7, 11) is 0. The zero-order valence-corrected chi connectivity index (χ0v) is 12.4. The first-order chi connectivity index (χ1) is 9.35. The first-order valence-corrected chi connectivity index (χ1v) is 7.35. The number of thiophene rings is 1. The molecule has 0 saturated carbocycles. The minimum absolute atomic E-state index is 0.0719. The molecule has 110 valence electrons. The summed E-state index contributed by atoms with van der Waals surface area (Å²) in [6.45, 7) is 5.68. The molecule has 1 saturated heterocycles. The van der Waals surface area contributed by atoms with Crippen molar-refractivity contribution in [2.45, 2.75) is 26.8 Å². The molecule has 0 aliphatic carbocycles.